The molecular weight excluding hydrogens is 360 g/mol. The number of carbonyl (C=O) groups is 1. The smallest absolute Gasteiger partial charge is 0.226 e. The van der Waals surface area contributed by atoms with Crippen LogP contribution in [-0.2, 0) is 4.79 Å². The van der Waals surface area contributed by atoms with Gasteiger partial charge in [0.2, 0.25) is 5.91 Å². The van der Waals surface area contributed by atoms with Crippen LogP contribution in [0.5, 0.6) is 11.5 Å². The van der Waals surface area contributed by atoms with Gasteiger partial charge in [0.15, 0.2) is 16.6 Å². The summed E-state index contributed by atoms with van der Waals surface area (Å²) >= 11 is 1.51. The maximum absolute atomic E-state index is 12.2. The number of hydrogen-bond donors (Lipinski definition) is 1. The molecule has 0 unspecified atom stereocenters. The van der Waals surface area contributed by atoms with E-state index in [1.807, 2.05) is 38.1 Å². The fourth-order valence-corrected chi connectivity index (χ4v) is 3.92. The Morgan fingerprint density at radius 2 is 1.89 bits per heavy atom. The minimum absolute atomic E-state index is 0.0508. The Labute approximate surface area is 163 Å². The van der Waals surface area contributed by atoms with Crippen molar-refractivity contribution in [2.75, 3.05) is 18.5 Å². The average molecular weight is 385 g/mol. The van der Waals surface area contributed by atoms with Gasteiger partial charge in [-0.2, -0.15) is 0 Å². The number of hydrogen-bond acceptors (Lipinski definition) is 5. The molecule has 0 spiro atoms. The zero-order chi connectivity index (χ0) is 19.2. The number of anilines is 1. The molecule has 6 heteroatoms. The Kier molecular flexibility index (Phi) is 6.29. The fourth-order valence-electron chi connectivity index (χ4n) is 2.86. The highest BCUT2D eigenvalue weighted by Gasteiger charge is 2.10. The zero-order valence-electron chi connectivity index (χ0n) is 15.9. The number of amides is 1. The van der Waals surface area contributed by atoms with E-state index in [2.05, 4.69) is 29.4 Å². The molecule has 1 heterocycles. The van der Waals surface area contributed by atoms with E-state index in [4.69, 9.17) is 9.47 Å². The first kappa shape index (κ1) is 19.2. The SMILES string of the molecule is CCOc1ccccc1OCCCC(=O)Nc1nc2c(C)cc(C)cc2s1. The van der Waals surface area contributed by atoms with E-state index in [0.717, 1.165) is 21.5 Å². The number of fused-ring (bicyclic) bond motifs is 1. The molecule has 0 atom stereocenters. The highest BCUT2D eigenvalue weighted by molar-refractivity contribution is 7.22. The first-order valence-electron chi connectivity index (χ1n) is 9.09. The molecule has 3 aromatic rings. The van der Waals surface area contributed by atoms with Gasteiger partial charge in [-0.05, 0) is 56.5 Å². The van der Waals surface area contributed by atoms with E-state index in [9.17, 15) is 4.79 Å². The van der Waals surface area contributed by atoms with Crippen LogP contribution in [0.4, 0.5) is 5.13 Å². The summed E-state index contributed by atoms with van der Waals surface area (Å²) in [7, 11) is 0. The summed E-state index contributed by atoms with van der Waals surface area (Å²) in [6.45, 7) is 7.08. The number of thiazole rings is 1. The molecule has 1 aromatic heterocycles. The van der Waals surface area contributed by atoms with Crippen LogP contribution in [0.2, 0.25) is 0 Å². The van der Waals surface area contributed by atoms with Gasteiger partial charge < -0.3 is 14.8 Å². The van der Waals surface area contributed by atoms with Gasteiger partial charge in [-0.25, -0.2) is 4.98 Å². The number of nitrogens with zero attached hydrogens (tertiary/aromatic N) is 1. The predicted molar refractivity (Wildman–Crippen MR) is 110 cm³/mol. The van der Waals surface area contributed by atoms with Gasteiger partial charge >= 0.3 is 0 Å². The number of para-hydroxylation sites is 2. The van der Waals surface area contributed by atoms with Gasteiger partial charge in [0.05, 0.1) is 23.4 Å². The number of benzene rings is 2. The molecule has 2 aromatic carbocycles. The lowest BCUT2D eigenvalue weighted by Crippen LogP contribution is -2.12. The van der Waals surface area contributed by atoms with Crippen LogP contribution in [0.3, 0.4) is 0 Å². The standard InChI is InChI=1S/C21H24N2O3S/c1-4-25-16-8-5-6-9-17(16)26-11-7-10-19(24)22-21-23-20-15(3)12-14(2)13-18(20)27-21/h5-6,8-9,12-13H,4,7,10-11H2,1-3H3,(H,22,23,24). The molecular formula is C21H24N2O3S. The molecule has 1 N–H and O–H groups in total. The van der Waals surface area contributed by atoms with Crippen molar-refractivity contribution in [3.63, 3.8) is 0 Å². The molecule has 0 saturated carbocycles. The molecule has 0 radical (unpaired) electrons. The number of rotatable bonds is 8. The molecule has 0 aliphatic rings. The number of aryl methyl sites for hydroxylation is 2. The third-order valence-electron chi connectivity index (χ3n) is 4.03. The van der Waals surface area contributed by atoms with Crippen LogP contribution in [0.1, 0.15) is 30.9 Å². The second kappa shape index (κ2) is 8.86. The summed E-state index contributed by atoms with van der Waals surface area (Å²) in [4.78, 5) is 16.7. The average Bonchev–Trinajstić information content (AvgIpc) is 3.03. The van der Waals surface area contributed by atoms with Crippen LogP contribution in [0.25, 0.3) is 10.2 Å². The Morgan fingerprint density at radius 3 is 2.63 bits per heavy atom. The van der Waals surface area contributed by atoms with E-state index in [1.54, 1.807) is 0 Å². The predicted octanol–water partition coefficient (Wildman–Crippen LogP) is 5.11. The van der Waals surface area contributed by atoms with Crippen molar-refractivity contribution in [3.05, 3.63) is 47.5 Å². The summed E-state index contributed by atoms with van der Waals surface area (Å²) < 4.78 is 12.4. The number of nitrogens with one attached hydrogen (secondary N) is 1. The van der Waals surface area contributed by atoms with Crippen molar-refractivity contribution in [1.82, 2.24) is 4.98 Å². The Hall–Kier alpha value is -2.60. The summed E-state index contributed by atoms with van der Waals surface area (Å²) in [5, 5.41) is 3.54. The Morgan fingerprint density at radius 1 is 1.15 bits per heavy atom. The van der Waals surface area contributed by atoms with Gasteiger partial charge in [0.25, 0.3) is 0 Å². The lowest BCUT2D eigenvalue weighted by Gasteiger charge is -2.11. The third-order valence-corrected chi connectivity index (χ3v) is 4.95. The van der Waals surface area contributed by atoms with E-state index < -0.39 is 0 Å². The van der Waals surface area contributed by atoms with Gasteiger partial charge in [-0.15, -0.1) is 0 Å². The molecule has 0 aliphatic carbocycles. The second-order valence-electron chi connectivity index (χ2n) is 6.33. The molecule has 0 fully saturated rings. The summed E-state index contributed by atoms with van der Waals surface area (Å²) in [5.74, 6) is 1.38. The number of ether oxygens (including phenoxy) is 2. The quantitative estimate of drug-likeness (QED) is 0.548. The largest absolute Gasteiger partial charge is 0.490 e. The molecule has 3 rings (SSSR count). The number of aromatic nitrogens is 1. The topological polar surface area (TPSA) is 60.5 Å². The monoisotopic (exact) mass is 384 g/mol. The molecule has 27 heavy (non-hydrogen) atoms. The van der Waals surface area contributed by atoms with Crippen molar-refractivity contribution in [2.24, 2.45) is 0 Å². The first-order chi connectivity index (χ1) is 13.1. The summed E-state index contributed by atoms with van der Waals surface area (Å²) in [5.41, 5.74) is 3.28. The highest BCUT2D eigenvalue weighted by Crippen LogP contribution is 2.29. The fraction of sp³-hybridized carbons (Fsp3) is 0.333. The lowest BCUT2D eigenvalue weighted by atomic mass is 10.1. The maximum Gasteiger partial charge on any atom is 0.226 e. The first-order valence-corrected chi connectivity index (χ1v) is 9.90. The van der Waals surface area contributed by atoms with E-state index >= 15 is 0 Å². The summed E-state index contributed by atoms with van der Waals surface area (Å²) in [6.07, 6.45) is 1.00. The van der Waals surface area contributed by atoms with Crippen LogP contribution >= 0.6 is 11.3 Å². The normalized spacial score (nSPS) is 10.8. The molecule has 0 bridgehead atoms. The molecule has 5 nitrogen and oxygen atoms in total. The molecule has 1 amide bonds. The molecule has 0 aliphatic heterocycles. The number of carbonyl (C=O) groups excluding carboxylic acids is 1. The van der Waals surface area contributed by atoms with Crippen LogP contribution < -0.4 is 14.8 Å². The maximum atomic E-state index is 12.2. The van der Waals surface area contributed by atoms with Crippen molar-refractivity contribution in [1.29, 1.82) is 0 Å². The van der Waals surface area contributed by atoms with Crippen molar-refractivity contribution < 1.29 is 14.3 Å². The minimum Gasteiger partial charge on any atom is -0.490 e. The molecule has 142 valence electrons. The van der Waals surface area contributed by atoms with E-state index in [1.165, 1.54) is 16.9 Å². The van der Waals surface area contributed by atoms with Gasteiger partial charge in [0.1, 0.15) is 0 Å². The highest BCUT2D eigenvalue weighted by atomic mass is 32.1. The Bertz CT molecular complexity index is 936. The zero-order valence-corrected chi connectivity index (χ0v) is 16.7. The van der Waals surface area contributed by atoms with Crippen LogP contribution in [0.15, 0.2) is 36.4 Å². The molecule has 0 saturated heterocycles. The second-order valence-corrected chi connectivity index (χ2v) is 7.36. The third kappa shape index (κ3) is 4.98. The Balaban J connectivity index is 1.50. The van der Waals surface area contributed by atoms with Gasteiger partial charge in [0, 0.05) is 6.42 Å². The van der Waals surface area contributed by atoms with Gasteiger partial charge in [-0.3, -0.25) is 4.79 Å². The van der Waals surface area contributed by atoms with Crippen molar-refractivity contribution >= 4 is 32.6 Å². The van der Waals surface area contributed by atoms with Gasteiger partial charge in [-0.1, -0.05) is 29.5 Å². The van der Waals surface area contributed by atoms with E-state index in [0.29, 0.717) is 36.9 Å². The van der Waals surface area contributed by atoms with Crippen molar-refractivity contribution in [2.45, 2.75) is 33.6 Å². The van der Waals surface area contributed by atoms with Crippen LogP contribution in [-0.4, -0.2) is 24.1 Å². The minimum atomic E-state index is -0.0508. The summed E-state index contributed by atoms with van der Waals surface area (Å²) in [6, 6.07) is 11.8. The van der Waals surface area contributed by atoms with Crippen LogP contribution in [0, 0.1) is 13.8 Å². The lowest BCUT2D eigenvalue weighted by molar-refractivity contribution is -0.116. The van der Waals surface area contributed by atoms with Crippen molar-refractivity contribution in [3.8, 4) is 11.5 Å². The van der Waals surface area contributed by atoms with E-state index in [-0.39, 0.29) is 5.91 Å².